The summed E-state index contributed by atoms with van der Waals surface area (Å²) in [6.45, 7) is 3.16. The first-order valence-electron chi connectivity index (χ1n) is 11.9. The molecule has 2 aromatic carbocycles. The Morgan fingerprint density at radius 3 is 2.42 bits per heavy atom. The van der Waals surface area contributed by atoms with E-state index in [0.29, 0.717) is 39.1 Å². The molecule has 3 heterocycles. The number of likely N-dealkylation sites (tertiary alicyclic amines) is 2. The van der Waals surface area contributed by atoms with Crippen LogP contribution in [0.3, 0.4) is 0 Å². The molecule has 0 spiro atoms. The molecule has 0 unspecified atom stereocenters. The van der Waals surface area contributed by atoms with Gasteiger partial charge in [0, 0.05) is 31.6 Å². The first kappa shape index (κ1) is 21.6. The van der Waals surface area contributed by atoms with Crippen molar-refractivity contribution < 1.29 is 19.1 Å². The Morgan fingerprint density at radius 1 is 0.879 bits per heavy atom. The lowest BCUT2D eigenvalue weighted by atomic mass is 9.94. The zero-order chi connectivity index (χ0) is 22.6. The Hall–Kier alpha value is -3.28. The number of carbonyl (C=O) groups excluding carboxylic acids is 2. The zero-order valence-electron chi connectivity index (χ0n) is 18.8. The number of piperidine rings is 1. The molecule has 2 fully saturated rings. The maximum Gasteiger partial charge on any atom is 0.246 e. The molecule has 172 valence electrons. The van der Waals surface area contributed by atoms with E-state index in [0.717, 1.165) is 42.0 Å². The molecule has 0 N–H and O–H groups in total. The van der Waals surface area contributed by atoms with Gasteiger partial charge in [0.2, 0.25) is 11.8 Å². The molecule has 5 rings (SSSR count). The van der Waals surface area contributed by atoms with Crippen molar-refractivity contribution in [1.82, 2.24) is 9.80 Å². The van der Waals surface area contributed by atoms with Crippen LogP contribution < -0.4 is 9.47 Å². The Bertz CT molecular complexity index is 1030. The highest BCUT2D eigenvalue weighted by atomic mass is 16.6. The van der Waals surface area contributed by atoms with Gasteiger partial charge < -0.3 is 19.3 Å². The zero-order valence-corrected chi connectivity index (χ0v) is 18.8. The second-order valence-corrected chi connectivity index (χ2v) is 8.94. The molecule has 2 aromatic rings. The van der Waals surface area contributed by atoms with Gasteiger partial charge >= 0.3 is 0 Å². The highest BCUT2D eigenvalue weighted by Gasteiger charge is 2.36. The van der Waals surface area contributed by atoms with E-state index < -0.39 is 0 Å². The van der Waals surface area contributed by atoms with Crippen LogP contribution >= 0.6 is 0 Å². The smallest absolute Gasteiger partial charge is 0.246 e. The number of rotatable bonds is 4. The third-order valence-electron chi connectivity index (χ3n) is 6.86. The van der Waals surface area contributed by atoms with Gasteiger partial charge in [0.15, 0.2) is 11.5 Å². The first-order valence-corrected chi connectivity index (χ1v) is 11.9. The molecule has 6 heteroatoms. The van der Waals surface area contributed by atoms with Crippen LogP contribution in [0.15, 0.2) is 54.6 Å². The summed E-state index contributed by atoms with van der Waals surface area (Å²) in [5.41, 5.74) is 2.12. The molecule has 0 radical (unpaired) electrons. The van der Waals surface area contributed by atoms with Gasteiger partial charge in [-0.25, -0.2) is 0 Å². The second kappa shape index (κ2) is 9.69. The number of hydrogen-bond donors (Lipinski definition) is 0. The predicted octanol–water partition coefficient (Wildman–Crippen LogP) is 4.07. The Kier molecular flexibility index (Phi) is 6.33. The second-order valence-electron chi connectivity index (χ2n) is 8.94. The van der Waals surface area contributed by atoms with Crippen molar-refractivity contribution in [3.05, 3.63) is 65.7 Å². The van der Waals surface area contributed by atoms with Gasteiger partial charge in [0.05, 0.1) is 6.04 Å². The van der Waals surface area contributed by atoms with Crippen molar-refractivity contribution in [1.29, 1.82) is 0 Å². The standard InChI is InChI=1S/C27H30N2O4/c30-26(11-8-20-5-2-1-3-6-20)28-15-12-21(13-16-28)27(31)29-14-4-7-23(29)22-9-10-24-25(19-22)33-18-17-32-24/h1-3,5-6,8-11,19,21,23H,4,7,12-18H2/b11-8-/t23-/m0/s1. The maximum atomic E-state index is 13.4. The van der Waals surface area contributed by atoms with E-state index in [-0.39, 0.29) is 23.8 Å². The molecule has 3 aliphatic heterocycles. The molecule has 0 bridgehead atoms. The first-order chi connectivity index (χ1) is 16.2. The number of nitrogens with zero attached hydrogens (tertiary/aromatic N) is 2. The Morgan fingerprint density at radius 2 is 1.64 bits per heavy atom. The normalized spacial score (nSPS) is 20.9. The minimum absolute atomic E-state index is 0.0140. The summed E-state index contributed by atoms with van der Waals surface area (Å²) in [4.78, 5) is 29.9. The highest BCUT2D eigenvalue weighted by molar-refractivity contribution is 5.92. The molecular formula is C27H30N2O4. The van der Waals surface area contributed by atoms with Crippen molar-refractivity contribution in [2.45, 2.75) is 31.7 Å². The Labute approximate surface area is 194 Å². The van der Waals surface area contributed by atoms with Crippen molar-refractivity contribution in [2.75, 3.05) is 32.8 Å². The van der Waals surface area contributed by atoms with Gasteiger partial charge in [-0.3, -0.25) is 9.59 Å². The largest absolute Gasteiger partial charge is 0.486 e. The van der Waals surface area contributed by atoms with Gasteiger partial charge in [0.25, 0.3) is 0 Å². The van der Waals surface area contributed by atoms with E-state index in [9.17, 15) is 9.59 Å². The lowest BCUT2D eigenvalue weighted by Crippen LogP contribution is -2.43. The van der Waals surface area contributed by atoms with Crippen LogP contribution in [0.1, 0.15) is 42.9 Å². The van der Waals surface area contributed by atoms with Crippen molar-refractivity contribution >= 4 is 17.9 Å². The molecule has 6 nitrogen and oxygen atoms in total. The average molecular weight is 447 g/mol. The lowest BCUT2D eigenvalue weighted by Gasteiger charge is -2.35. The topological polar surface area (TPSA) is 59.1 Å². The Balaban J connectivity index is 1.19. The van der Waals surface area contributed by atoms with Gasteiger partial charge in [-0.1, -0.05) is 36.4 Å². The fraction of sp³-hybridized carbons (Fsp3) is 0.407. The molecule has 33 heavy (non-hydrogen) atoms. The number of hydrogen-bond acceptors (Lipinski definition) is 4. The fourth-order valence-electron chi connectivity index (χ4n) is 5.06. The van der Waals surface area contributed by atoms with Crippen LogP contribution in [0.4, 0.5) is 0 Å². The van der Waals surface area contributed by atoms with E-state index >= 15 is 0 Å². The fourth-order valence-corrected chi connectivity index (χ4v) is 5.06. The quantitative estimate of drug-likeness (QED) is 0.665. The molecule has 0 saturated carbocycles. The summed E-state index contributed by atoms with van der Waals surface area (Å²) in [5.74, 6) is 1.76. The molecule has 3 aliphatic rings. The third kappa shape index (κ3) is 4.75. The monoisotopic (exact) mass is 446 g/mol. The number of ether oxygens (including phenoxy) is 2. The SMILES string of the molecule is O=C(/C=C\c1ccccc1)N1CCC(C(=O)N2CCC[C@H]2c2ccc3c(c2)OCCO3)CC1. The van der Waals surface area contributed by atoms with E-state index in [1.807, 2.05) is 58.3 Å². The van der Waals surface area contributed by atoms with Crippen molar-refractivity contribution in [3.63, 3.8) is 0 Å². The van der Waals surface area contributed by atoms with Gasteiger partial charge in [-0.2, -0.15) is 0 Å². The van der Waals surface area contributed by atoms with E-state index in [1.165, 1.54) is 0 Å². The van der Waals surface area contributed by atoms with Gasteiger partial charge in [0.1, 0.15) is 13.2 Å². The molecule has 2 saturated heterocycles. The molecule has 0 aliphatic carbocycles. The summed E-state index contributed by atoms with van der Waals surface area (Å²) >= 11 is 0. The van der Waals surface area contributed by atoms with E-state index in [1.54, 1.807) is 6.08 Å². The van der Waals surface area contributed by atoms with Crippen LogP contribution in [0.25, 0.3) is 6.08 Å². The average Bonchev–Trinajstić information content (AvgIpc) is 3.37. The number of benzene rings is 2. The molecule has 1 atom stereocenters. The summed E-state index contributed by atoms with van der Waals surface area (Å²) in [6, 6.07) is 16.0. The number of carbonyl (C=O) groups is 2. The van der Waals surface area contributed by atoms with E-state index in [4.69, 9.17) is 9.47 Å². The van der Waals surface area contributed by atoms with Gasteiger partial charge in [-0.05, 0) is 55.0 Å². The predicted molar refractivity (Wildman–Crippen MR) is 126 cm³/mol. The van der Waals surface area contributed by atoms with Gasteiger partial charge in [-0.15, -0.1) is 0 Å². The number of fused-ring (bicyclic) bond motifs is 1. The molecule has 0 aromatic heterocycles. The number of amides is 2. The van der Waals surface area contributed by atoms with Crippen molar-refractivity contribution in [3.8, 4) is 11.5 Å². The maximum absolute atomic E-state index is 13.4. The summed E-state index contributed by atoms with van der Waals surface area (Å²) in [7, 11) is 0. The van der Waals surface area contributed by atoms with Crippen LogP contribution in [-0.2, 0) is 9.59 Å². The van der Waals surface area contributed by atoms with Crippen molar-refractivity contribution in [2.24, 2.45) is 5.92 Å². The summed E-state index contributed by atoms with van der Waals surface area (Å²) in [6.07, 6.45) is 6.89. The highest BCUT2D eigenvalue weighted by Crippen LogP contribution is 2.39. The lowest BCUT2D eigenvalue weighted by molar-refractivity contribution is -0.140. The minimum Gasteiger partial charge on any atom is -0.486 e. The summed E-state index contributed by atoms with van der Waals surface area (Å²) in [5, 5.41) is 0. The van der Waals surface area contributed by atoms with Crippen LogP contribution in [-0.4, -0.2) is 54.5 Å². The van der Waals surface area contributed by atoms with Crippen LogP contribution in [0.5, 0.6) is 11.5 Å². The van der Waals surface area contributed by atoms with Crippen LogP contribution in [0.2, 0.25) is 0 Å². The van der Waals surface area contributed by atoms with Crippen LogP contribution in [0, 0.1) is 5.92 Å². The molecular weight excluding hydrogens is 416 g/mol. The summed E-state index contributed by atoms with van der Waals surface area (Å²) < 4.78 is 11.4. The molecule has 2 amide bonds. The minimum atomic E-state index is -0.0232. The third-order valence-corrected chi connectivity index (χ3v) is 6.86. The van der Waals surface area contributed by atoms with E-state index in [2.05, 4.69) is 6.07 Å².